The molecule has 1 saturated carbocycles. The molecular weight excluding hydrogens is 408 g/mol. The van der Waals surface area contributed by atoms with Gasteiger partial charge in [-0.15, -0.1) is 0 Å². The van der Waals surface area contributed by atoms with Crippen molar-refractivity contribution in [3.8, 4) is 0 Å². The van der Waals surface area contributed by atoms with E-state index in [2.05, 4.69) is 10.0 Å². The van der Waals surface area contributed by atoms with Crippen LogP contribution in [0.3, 0.4) is 0 Å². The molecule has 2 aliphatic rings. The number of likely N-dealkylation sites (N-methyl/N-ethyl adjacent to an activating group) is 1. The molecule has 1 aromatic rings. The van der Waals surface area contributed by atoms with Gasteiger partial charge in [-0.3, -0.25) is 19.2 Å². The summed E-state index contributed by atoms with van der Waals surface area (Å²) in [5, 5.41) is 2.65. The van der Waals surface area contributed by atoms with Crippen molar-refractivity contribution in [1.82, 2.24) is 9.80 Å². The van der Waals surface area contributed by atoms with E-state index in [1.807, 2.05) is 0 Å². The monoisotopic (exact) mass is 436 g/mol. The zero-order valence-corrected chi connectivity index (χ0v) is 18.1. The van der Waals surface area contributed by atoms with Crippen LogP contribution in [0, 0.1) is 0 Å². The van der Waals surface area contributed by atoms with Crippen LogP contribution >= 0.6 is 0 Å². The van der Waals surface area contributed by atoms with Crippen molar-refractivity contribution >= 4 is 39.2 Å². The Morgan fingerprint density at radius 3 is 2.27 bits per heavy atom. The number of nitrogens with one attached hydrogen (secondary N) is 2. The lowest BCUT2D eigenvalue weighted by molar-refractivity contribution is -0.136. The van der Waals surface area contributed by atoms with Gasteiger partial charge in [-0.1, -0.05) is 26.2 Å². The zero-order chi connectivity index (χ0) is 21.9. The number of urea groups is 1. The zero-order valence-electron chi connectivity index (χ0n) is 17.3. The summed E-state index contributed by atoms with van der Waals surface area (Å²) in [5.41, 5.74) is 0.0258. The normalized spacial score (nSPS) is 18.7. The average molecular weight is 437 g/mol. The standard InChI is InChI=1S/C20H28N4O5S/c1-3-13-30(28,29)22-16-9-7-15(8-10-16)21-17(25)14-24-18(26)20(23(2)19(24)27)11-5-4-6-12-20/h7-10,22H,3-6,11-14H2,1-2H3,(H,21,25). The average Bonchev–Trinajstić information content (AvgIpc) is 2.86. The first kappa shape index (κ1) is 22.1. The van der Waals surface area contributed by atoms with Crippen LogP contribution in [0.2, 0.25) is 0 Å². The van der Waals surface area contributed by atoms with Crippen LogP contribution in [0.15, 0.2) is 24.3 Å². The molecule has 2 N–H and O–H groups in total. The fourth-order valence-corrected chi connectivity index (χ4v) is 5.27. The van der Waals surface area contributed by atoms with Crippen LogP contribution in [-0.4, -0.2) is 60.9 Å². The van der Waals surface area contributed by atoms with Crippen LogP contribution in [0.25, 0.3) is 0 Å². The molecule has 1 spiro atoms. The Morgan fingerprint density at radius 1 is 1.07 bits per heavy atom. The highest BCUT2D eigenvalue weighted by Gasteiger charge is 2.55. The van der Waals surface area contributed by atoms with Crippen molar-refractivity contribution in [3.05, 3.63) is 24.3 Å². The van der Waals surface area contributed by atoms with E-state index in [4.69, 9.17) is 0 Å². The lowest BCUT2D eigenvalue weighted by atomic mass is 9.81. The van der Waals surface area contributed by atoms with Crippen molar-refractivity contribution in [2.75, 3.05) is 29.4 Å². The number of nitrogens with zero attached hydrogens (tertiary/aromatic N) is 2. The van der Waals surface area contributed by atoms with Crippen molar-refractivity contribution in [2.24, 2.45) is 0 Å². The second-order valence-electron chi connectivity index (χ2n) is 7.87. The number of carbonyl (C=O) groups excluding carboxylic acids is 3. The summed E-state index contributed by atoms with van der Waals surface area (Å²) in [6.07, 6.45) is 4.58. The summed E-state index contributed by atoms with van der Waals surface area (Å²) in [5.74, 6) is -0.762. The maximum absolute atomic E-state index is 12.9. The minimum atomic E-state index is -3.39. The molecule has 0 radical (unpaired) electrons. The number of benzene rings is 1. The third-order valence-electron chi connectivity index (χ3n) is 5.70. The molecule has 0 unspecified atom stereocenters. The maximum Gasteiger partial charge on any atom is 0.327 e. The number of sulfonamides is 1. The summed E-state index contributed by atoms with van der Waals surface area (Å²) < 4.78 is 26.1. The number of rotatable bonds is 7. The first-order chi connectivity index (χ1) is 14.2. The van der Waals surface area contributed by atoms with Crippen LogP contribution in [0.1, 0.15) is 45.4 Å². The summed E-state index contributed by atoms with van der Waals surface area (Å²) in [6.45, 7) is 1.43. The van der Waals surface area contributed by atoms with E-state index < -0.39 is 27.5 Å². The maximum atomic E-state index is 12.9. The topological polar surface area (TPSA) is 116 Å². The molecule has 0 aromatic heterocycles. The second-order valence-corrected chi connectivity index (χ2v) is 9.71. The molecule has 4 amide bonds. The van der Waals surface area contributed by atoms with Gasteiger partial charge >= 0.3 is 6.03 Å². The SMILES string of the molecule is CCCS(=O)(=O)Nc1ccc(NC(=O)CN2C(=O)N(C)C3(CCCCC3)C2=O)cc1. The summed E-state index contributed by atoms with van der Waals surface area (Å²) >= 11 is 0. The number of hydrogen-bond donors (Lipinski definition) is 2. The molecule has 3 rings (SSSR count). The number of carbonyl (C=O) groups is 3. The van der Waals surface area contributed by atoms with E-state index in [1.54, 1.807) is 38.2 Å². The number of imide groups is 1. The van der Waals surface area contributed by atoms with E-state index in [0.717, 1.165) is 24.2 Å². The number of hydrogen-bond acceptors (Lipinski definition) is 5. The minimum Gasteiger partial charge on any atom is -0.325 e. The predicted molar refractivity (Wildman–Crippen MR) is 113 cm³/mol. The second kappa shape index (κ2) is 8.63. The first-order valence-electron chi connectivity index (χ1n) is 10.2. The van der Waals surface area contributed by atoms with Gasteiger partial charge in [0.05, 0.1) is 5.75 Å². The molecule has 164 valence electrons. The predicted octanol–water partition coefficient (Wildman–Crippen LogP) is 2.37. The minimum absolute atomic E-state index is 0.0271. The van der Waals surface area contributed by atoms with Gasteiger partial charge in [-0.05, 0) is 43.5 Å². The van der Waals surface area contributed by atoms with Crippen molar-refractivity contribution in [1.29, 1.82) is 0 Å². The van der Waals surface area contributed by atoms with Crippen LogP contribution in [0.5, 0.6) is 0 Å². The molecule has 9 nitrogen and oxygen atoms in total. The Morgan fingerprint density at radius 2 is 1.67 bits per heavy atom. The summed E-state index contributed by atoms with van der Waals surface area (Å²) in [4.78, 5) is 40.5. The fraction of sp³-hybridized carbons (Fsp3) is 0.550. The molecule has 0 atom stereocenters. The highest BCUT2D eigenvalue weighted by molar-refractivity contribution is 7.92. The third-order valence-corrected chi connectivity index (χ3v) is 7.19. The largest absolute Gasteiger partial charge is 0.327 e. The molecule has 1 heterocycles. The molecule has 1 saturated heterocycles. The summed E-state index contributed by atoms with van der Waals surface area (Å²) in [7, 11) is -1.76. The van der Waals surface area contributed by atoms with E-state index in [-0.39, 0.29) is 18.2 Å². The van der Waals surface area contributed by atoms with Crippen molar-refractivity contribution in [2.45, 2.75) is 51.0 Å². The number of amides is 4. The van der Waals surface area contributed by atoms with Gasteiger partial charge < -0.3 is 10.2 Å². The van der Waals surface area contributed by atoms with E-state index in [1.165, 1.54) is 4.90 Å². The van der Waals surface area contributed by atoms with Gasteiger partial charge in [0.15, 0.2) is 0 Å². The van der Waals surface area contributed by atoms with Gasteiger partial charge in [-0.2, -0.15) is 0 Å². The van der Waals surface area contributed by atoms with E-state index >= 15 is 0 Å². The molecule has 1 aromatic carbocycles. The lowest BCUT2D eigenvalue weighted by Crippen LogP contribution is -2.49. The molecular formula is C20H28N4O5S. The highest BCUT2D eigenvalue weighted by Crippen LogP contribution is 2.39. The summed E-state index contributed by atoms with van der Waals surface area (Å²) in [6, 6.07) is 5.76. The molecule has 0 bridgehead atoms. The fourth-order valence-electron chi connectivity index (χ4n) is 4.14. The Hall–Kier alpha value is -2.62. The highest BCUT2D eigenvalue weighted by atomic mass is 32.2. The Labute approximate surface area is 176 Å². The van der Waals surface area contributed by atoms with E-state index in [0.29, 0.717) is 30.6 Å². The Bertz CT molecular complexity index is 923. The van der Waals surface area contributed by atoms with Crippen LogP contribution < -0.4 is 10.0 Å². The van der Waals surface area contributed by atoms with Gasteiger partial charge in [0.25, 0.3) is 5.91 Å². The van der Waals surface area contributed by atoms with E-state index in [9.17, 15) is 22.8 Å². The smallest absolute Gasteiger partial charge is 0.325 e. The van der Waals surface area contributed by atoms with Gasteiger partial charge in [0.1, 0.15) is 12.1 Å². The Kier molecular flexibility index (Phi) is 6.35. The van der Waals surface area contributed by atoms with Crippen LogP contribution in [0.4, 0.5) is 16.2 Å². The lowest BCUT2D eigenvalue weighted by Gasteiger charge is -2.35. The van der Waals surface area contributed by atoms with Gasteiger partial charge in [-0.25, -0.2) is 13.2 Å². The van der Waals surface area contributed by atoms with Gasteiger partial charge in [0, 0.05) is 18.4 Å². The first-order valence-corrected chi connectivity index (χ1v) is 11.8. The molecule has 1 aliphatic carbocycles. The van der Waals surface area contributed by atoms with Crippen molar-refractivity contribution in [3.63, 3.8) is 0 Å². The van der Waals surface area contributed by atoms with Crippen LogP contribution in [-0.2, 0) is 19.6 Å². The molecule has 10 heteroatoms. The third kappa shape index (κ3) is 4.43. The Balaban J connectivity index is 1.62. The molecule has 2 fully saturated rings. The molecule has 1 aliphatic heterocycles. The van der Waals surface area contributed by atoms with Gasteiger partial charge in [0.2, 0.25) is 15.9 Å². The van der Waals surface area contributed by atoms with Crippen molar-refractivity contribution < 1.29 is 22.8 Å². The quantitative estimate of drug-likeness (QED) is 0.637. The molecule has 30 heavy (non-hydrogen) atoms. The number of anilines is 2.